The largest absolute Gasteiger partial charge is 0.352 e. The molecule has 20 heavy (non-hydrogen) atoms. The second-order valence-corrected chi connectivity index (χ2v) is 5.71. The second kappa shape index (κ2) is 5.27. The lowest BCUT2D eigenvalue weighted by Gasteiger charge is -2.39. The molecule has 1 atom stereocenters. The third-order valence-corrected chi connectivity index (χ3v) is 4.43. The van der Waals surface area contributed by atoms with Crippen molar-refractivity contribution >= 4 is 11.8 Å². The van der Waals surface area contributed by atoms with Gasteiger partial charge in [0.15, 0.2) is 0 Å². The standard InChI is InChI=1S/C16H20N2O2/c1-11-5-2-3-8-13(11)14-15(19)17-9-10-18(14)16(20)12-6-4-7-12/h2-3,5,8,12,14H,4,6-7,9-10H2,1H3,(H,17,19)/t14-/m1/s1. The Bertz CT molecular complexity index is 537. The summed E-state index contributed by atoms with van der Waals surface area (Å²) in [6.45, 7) is 3.16. The van der Waals surface area contributed by atoms with E-state index in [1.165, 1.54) is 0 Å². The average molecular weight is 272 g/mol. The fourth-order valence-electron chi connectivity index (χ4n) is 3.00. The predicted octanol–water partition coefficient (Wildman–Crippen LogP) is 1.79. The van der Waals surface area contributed by atoms with Gasteiger partial charge in [0.05, 0.1) is 0 Å². The van der Waals surface area contributed by atoms with Crippen LogP contribution >= 0.6 is 0 Å². The number of piperazine rings is 1. The van der Waals surface area contributed by atoms with Crippen LogP contribution in [0.4, 0.5) is 0 Å². The number of nitrogens with one attached hydrogen (secondary N) is 1. The van der Waals surface area contributed by atoms with Crippen LogP contribution in [0.2, 0.25) is 0 Å². The molecule has 2 fully saturated rings. The van der Waals surface area contributed by atoms with Gasteiger partial charge in [-0.05, 0) is 30.9 Å². The molecule has 2 amide bonds. The Balaban J connectivity index is 1.92. The minimum absolute atomic E-state index is 0.0572. The lowest BCUT2D eigenvalue weighted by Crippen LogP contribution is -2.54. The second-order valence-electron chi connectivity index (χ2n) is 5.71. The molecular formula is C16H20N2O2. The van der Waals surface area contributed by atoms with Gasteiger partial charge in [-0.15, -0.1) is 0 Å². The monoisotopic (exact) mass is 272 g/mol. The zero-order chi connectivity index (χ0) is 14.1. The molecule has 1 aliphatic carbocycles. The highest BCUT2D eigenvalue weighted by Gasteiger charge is 2.39. The van der Waals surface area contributed by atoms with Gasteiger partial charge in [0.25, 0.3) is 0 Å². The molecule has 106 valence electrons. The number of benzene rings is 1. The molecule has 1 saturated heterocycles. The normalized spacial score (nSPS) is 23.1. The highest BCUT2D eigenvalue weighted by atomic mass is 16.2. The number of hydrogen-bond donors (Lipinski definition) is 1. The molecule has 4 heteroatoms. The topological polar surface area (TPSA) is 49.4 Å². The average Bonchev–Trinajstić information content (AvgIpc) is 2.37. The van der Waals surface area contributed by atoms with Crippen LogP contribution < -0.4 is 5.32 Å². The number of hydrogen-bond acceptors (Lipinski definition) is 2. The van der Waals surface area contributed by atoms with Crippen LogP contribution in [0.1, 0.15) is 36.4 Å². The van der Waals surface area contributed by atoms with Crippen molar-refractivity contribution in [3.8, 4) is 0 Å². The number of carbonyl (C=O) groups is 2. The number of aryl methyl sites for hydroxylation is 1. The fourth-order valence-corrected chi connectivity index (χ4v) is 3.00. The molecule has 1 aromatic rings. The predicted molar refractivity (Wildman–Crippen MR) is 76.0 cm³/mol. The molecule has 0 bridgehead atoms. The van der Waals surface area contributed by atoms with E-state index in [0.29, 0.717) is 13.1 Å². The summed E-state index contributed by atoms with van der Waals surface area (Å²) in [7, 11) is 0. The van der Waals surface area contributed by atoms with Crippen molar-refractivity contribution in [2.45, 2.75) is 32.2 Å². The molecule has 2 aliphatic rings. The highest BCUT2D eigenvalue weighted by molar-refractivity contribution is 5.91. The van der Waals surface area contributed by atoms with Crippen molar-refractivity contribution in [1.29, 1.82) is 0 Å². The van der Waals surface area contributed by atoms with E-state index in [1.54, 1.807) is 4.90 Å². The molecule has 0 spiro atoms. The summed E-state index contributed by atoms with van der Waals surface area (Å²) in [4.78, 5) is 26.6. The van der Waals surface area contributed by atoms with E-state index in [-0.39, 0.29) is 17.7 Å². The van der Waals surface area contributed by atoms with Crippen molar-refractivity contribution in [3.63, 3.8) is 0 Å². The van der Waals surface area contributed by atoms with Crippen molar-refractivity contribution in [2.75, 3.05) is 13.1 Å². The van der Waals surface area contributed by atoms with E-state index in [2.05, 4.69) is 5.32 Å². The van der Waals surface area contributed by atoms with E-state index in [0.717, 1.165) is 30.4 Å². The van der Waals surface area contributed by atoms with Crippen LogP contribution in [0.3, 0.4) is 0 Å². The highest BCUT2D eigenvalue weighted by Crippen LogP contribution is 2.33. The maximum absolute atomic E-state index is 12.6. The molecule has 1 N–H and O–H groups in total. The van der Waals surface area contributed by atoms with Gasteiger partial charge in [-0.25, -0.2) is 0 Å². The lowest BCUT2D eigenvalue weighted by atomic mass is 9.83. The molecule has 1 aliphatic heterocycles. The van der Waals surface area contributed by atoms with Gasteiger partial charge in [0.2, 0.25) is 11.8 Å². The maximum atomic E-state index is 12.6. The van der Waals surface area contributed by atoms with Gasteiger partial charge in [-0.3, -0.25) is 9.59 Å². The zero-order valence-electron chi connectivity index (χ0n) is 11.8. The third kappa shape index (κ3) is 2.19. The van der Waals surface area contributed by atoms with E-state index in [4.69, 9.17) is 0 Å². The Morgan fingerprint density at radius 3 is 2.70 bits per heavy atom. The first-order valence-corrected chi connectivity index (χ1v) is 7.32. The smallest absolute Gasteiger partial charge is 0.247 e. The molecule has 0 unspecified atom stereocenters. The Morgan fingerprint density at radius 1 is 1.30 bits per heavy atom. The summed E-state index contributed by atoms with van der Waals surface area (Å²) < 4.78 is 0. The van der Waals surface area contributed by atoms with E-state index in [9.17, 15) is 9.59 Å². The van der Waals surface area contributed by atoms with Crippen molar-refractivity contribution in [1.82, 2.24) is 10.2 Å². The SMILES string of the molecule is Cc1ccccc1[C@@H]1C(=O)NCCN1C(=O)C1CCC1. The first-order chi connectivity index (χ1) is 9.68. The summed E-state index contributed by atoms with van der Waals surface area (Å²) in [6.07, 6.45) is 3.07. The minimum Gasteiger partial charge on any atom is -0.352 e. The van der Waals surface area contributed by atoms with Gasteiger partial charge in [0.1, 0.15) is 6.04 Å². The van der Waals surface area contributed by atoms with Crippen LogP contribution in [0.25, 0.3) is 0 Å². The van der Waals surface area contributed by atoms with Crippen LogP contribution in [-0.2, 0) is 9.59 Å². The third-order valence-electron chi connectivity index (χ3n) is 4.43. The number of carbonyl (C=O) groups excluding carboxylic acids is 2. The van der Waals surface area contributed by atoms with Crippen molar-refractivity contribution in [2.24, 2.45) is 5.92 Å². The fraction of sp³-hybridized carbons (Fsp3) is 0.500. The number of amides is 2. The van der Waals surface area contributed by atoms with Gasteiger partial charge < -0.3 is 10.2 Å². The maximum Gasteiger partial charge on any atom is 0.247 e. The van der Waals surface area contributed by atoms with Crippen molar-refractivity contribution in [3.05, 3.63) is 35.4 Å². The first-order valence-electron chi connectivity index (χ1n) is 7.32. The summed E-state index contributed by atoms with van der Waals surface area (Å²) in [5, 5.41) is 2.88. The Hall–Kier alpha value is -1.84. The summed E-state index contributed by atoms with van der Waals surface area (Å²) in [5.41, 5.74) is 2.00. The van der Waals surface area contributed by atoms with Crippen LogP contribution in [0.15, 0.2) is 24.3 Å². The molecule has 1 aromatic carbocycles. The molecular weight excluding hydrogens is 252 g/mol. The minimum atomic E-state index is -0.460. The summed E-state index contributed by atoms with van der Waals surface area (Å²) in [6, 6.07) is 7.36. The number of rotatable bonds is 2. The lowest BCUT2D eigenvalue weighted by molar-refractivity contribution is -0.148. The Kier molecular flexibility index (Phi) is 3.47. The molecule has 0 radical (unpaired) electrons. The number of nitrogens with zero attached hydrogens (tertiary/aromatic N) is 1. The van der Waals surface area contributed by atoms with Gasteiger partial charge >= 0.3 is 0 Å². The summed E-state index contributed by atoms with van der Waals surface area (Å²) in [5.74, 6) is 0.227. The van der Waals surface area contributed by atoms with Gasteiger partial charge in [-0.2, -0.15) is 0 Å². The van der Waals surface area contributed by atoms with Crippen LogP contribution in [0.5, 0.6) is 0 Å². The molecule has 1 saturated carbocycles. The molecule has 4 nitrogen and oxygen atoms in total. The van der Waals surface area contributed by atoms with E-state index in [1.807, 2.05) is 31.2 Å². The van der Waals surface area contributed by atoms with E-state index < -0.39 is 6.04 Å². The van der Waals surface area contributed by atoms with Gasteiger partial charge in [0, 0.05) is 19.0 Å². The quantitative estimate of drug-likeness (QED) is 0.892. The molecule has 0 aromatic heterocycles. The Labute approximate surface area is 119 Å². The van der Waals surface area contributed by atoms with Crippen molar-refractivity contribution < 1.29 is 9.59 Å². The van der Waals surface area contributed by atoms with E-state index >= 15 is 0 Å². The Morgan fingerprint density at radius 2 is 2.05 bits per heavy atom. The first kappa shape index (κ1) is 13.2. The van der Waals surface area contributed by atoms with Gasteiger partial charge in [-0.1, -0.05) is 30.7 Å². The zero-order valence-corrected chi connectivity index (χ0v) is 11.8. The van der Waals surface area contributed by atoms with Crippen LogP contribution in [-0.4, -0.2) is 29.8 Å². The molecule has 3 rings (SSSR count). The van der Waals surface area contributed by atoms with Crippen LogP contribution in [0, 0.1) is 12.8 Å². The summed E-state index contributed by atoms with van der Waals surface area (Å²) >= 11 is 0. The molecule has 1 heterocycles.